The average molecular weight is 196 g/mol. The Balaban J connectivity index is 3.73. The summed E-state index contributed by atoms with van der Waals surface area (Å²) in [6.45, 7) is 1.62. The summed E-state index contributed by atoms with van der Waals surface area (Å²) in [7, 11) is -4.13. The fourth-order valence-corrected chi connectivity index (χ4v) is 0.880. The Bertz CT molecular complexity index is 246. The first-order valence-corrected chi connectivity index (χ1v) is 4.89. The molecule has 0 heterocycles. The van der Waals surface area contributed by atoms with Crippen molar-refractivity contribution in [1.29, 1.82) is 0 Å². The predicted molar refractivity (Wildman–Crippen MR) is 42.8 cm³/mol. The summed E-state index contributed by atoms with van der Waals surface area (Å²) >= 11 is 0. The summed E-state index contributed by atoms with van der Waals surface area (Å²) in [6, 6.07) is -0.327. The fourth-order valence-electron chi connectivity index (χ4n) is 0.536. The monoisotopic (exact) mass is 196 g/mol. The maximum absolute atomic E-state index is 10.7. The van der Waals surface area contributed by atoms with Gasteiger partial charge in [-0.15, -0.1) is 0 Å². The molecule has 0 rings (SSSR count). The van der Waals surface area contributed by atoms with Crippen LogP contribution in [-0.4, -0.2) is 30.8 Å². The summed E-state index contributed by atoms with van der Waals surface area (Å²) in [5.41, 5.74) is 5.26. The van der Waals surface area contributed by atoms with Crippen LogP contribution in [0, 0.1) is 0 Å². The third kappa shape index (κ3) is 7.45. The number of hydrogen-bond donors (Lipinski definition) is 3. The van der Waals surface area contributed by atoms with Crippen molar-refractivity contribution in [2.24, 2.45) is 5.73 Å². The minimum atomic E-state index is -4.13. The molecule has 0 aliphatic heterocycles. The van der Waals surface area contributed by atoms with Crippen LogP contribution in [0.2, 0.25) is 0 Å². The molecule has 1 atom stereocenters. The van der Waals surface area contributed by atoms with Gasteiger partial charge in [0.25, 0.3) is 10.1 Å². The lowest BCUT2D eigenvalue weighted by atomic mass is 10.2. The van der Waals surface area contributed by atoms with Crippen LogP contribution in [0.25, 0.3) is 0 Å². The number of rotatable bonds is 4. The zero-order valence-corrected chi connectivity index (χ0v) is 7.47. The smallest absolute Gasteiger partial charge is 0.283 e. The van der Waals surface area contributed by atoms with Crippen LogP contribution < -0.4 is 11.1 Å². The second kappa shape index (κ2) is 4.39. The maximum Gasteiger partial charge on any atom is 0.283 e. The molecule has 1 unspecified atom stereocenters. The molecule has 0 aliphatic rings. The van der Waals surface area contributed by atoms with E-state index in [1.807, 2.05) is 5.32 Å². The second-order valence-corrected chi connectivity index (χ2v) is 3.96. The highest BCUT2D eigenvalue weighted by Crippen LogP contribution is 1.86. The van der Waals surface area contributed by atoms with E-state index in [0.29, 0.717) is 0 Å². The predicted octanol–water partition coefficient (Wildman–Crippen LogP) is -1.31. The van der Waals surface area contributed by atoms with Gasteiger partial charge in [0.1, 0.15) is 5.88 Å². The number of amides is 1. The van der Waals surface area contributed by atoms with Crippen molar-refractivity contribution in [3.05, 3.63) is 0 Å². The number of hydrogen-bond acceptors (Lipinski definition) is 4. The van der Waals surface area contributed by atoms with Crippen molar-refractivity contribution in [1.82, 2.24) is 5.32 Å². The standard InChI is InChI=1S/C5H12N2O4S/c1-4(6)2-5(8)7-3-12(9,10)11/h4H,2-3,6H2,1H3,(H,7,8)(H,9,10,11). The maximum atomic E-state index is 10.7. The Hall–Kier alpha value is -0.660. The van der Waals surface area contributed by atoms with Crippen LogP contribution >= 0.6 is 0 Å². The van der Waals surface area contributed by atoms with Gasteiger partial charge in [0.15, 0.2) is 0 Å². The summed E-state index contributed by atoms with van der Waals surface area (Å²) in [6.07, 6.45) is 0.0372. The molecule has 72 valence electrons. The van der Waals surface area contributed by atoms with Gasteiger partial charge >= 0.3 is 0 Å². The molecule has 0 bridgehead atoms. The van der Waals surface area contributed by atoms with E-state index in [4.69, 9.17) is 10.3 Å². The van der Waals surface area contributed by atoms with Crippen molar-refractivity contribution in [2.75, 3.05) is 5.88 Å². The molecule has 0 saturated carbocycles. The lowest BCUT2D eigenvalue weighted by molar-refractivity contribution is -0.121. The highest BCUT2D eigenvalue weighted by Gasteiger charge is 2.08. The van der Waals surface area contributed by atoms with E-state index < -0.39 is 21.9 Å². The normalized spacial score (nSPS) is 13.9. The zero-order valence-electron chi connectivity index (χ0n) is 6.65. The Morgan fingerprint density at radius 1 is 1.67 bits per heavy atom. The van der Waals surface area contributed by atoms with Gasteiger partial charge in [-0.2, -0.15) is 8.42 Å². The Labute approximate surface area is 70.9 Å². The van der Waals surface area contributed by atoms with Crippen molar-refractivity contribution in [3.63, 3.8) is 0 Å². The molecule has 0 aliphatic carbocycles. The molecule has 0 aromatic rings. The van der Waals surface area contributed by atoms with E-state index in [9.17, 15) is 13.2 Å². The molecule has 0 aromatic carbocycles. The first-order valence-electron chi connectivity index (χ1n) is 3.28. The first-order chi connectivity index (χ1) is 5.31. The largest absolute Gasteiger partial charge is 0.340 e. The van der Waals surface area contributed by atoms with Crippen molar-refractivity contribution in [2.45, 2.75) is 19.4 Å². The van der Waals surface area contributed by atoms with Crippen LogP contribution in [0.3, 0.4) is 0 Å². The van der Waals surface area contributed by atoms with E-state index in [1.54, 1.807) is 6.92 Å². The van der Waals surface area contributed by atoms with E-state index in [0.717, 1.165) is 0 Å². The van der Waals surface area contributed by atoms with Gasteiger partial charge in [0, 0.05) is 12.5 Å². The van der Waals surface area contributed by atoms with Crippen LogP contribution in [-0.2, 0) is 14.9 Å². The van der Waals surface area contributed by atoms with Crippen LogP contribution in [0.5, 0.6) is 0 Å². The number of nitrogens with one attached hydrogen (secondary N) is 1. The topological polar surface area (TPSA) is 109 Å². The molecule has 4 N–H and O–H groups in total. The van der Waals surface area contributed by atoms with Gasteiger partial charge in [-0.3, -0.25) is 9.35 Å². The lowest BCUT2D eigenvalue weighted by Gasteiger charge is -2.04. The molecule has 0 saturated heterocycles. The zero-order chi connectivity index (χ0) is 9.78. The van der Waals surface area contributed by atoms with Crippen LogP contribution in [0.4, 0.5) is 0 Å². The SMILES string of the molecule is CC(N)CC(=O)NCS(=O)(=O)O. The van der Waals surface area contributed by atoms with Gasteiger partial charge in [-0.05, 0) is 6.92 Å². The first kappa shape index (κ1) is 11.3. The highest BCUT2D eigenvalue weighted by molar-refractivity contribution is 7.85. The van der Waals surface area contributed by atoms with Gasteiger partial charge in [0.2, 0.25) is 5.91 Å². The minimum absolute atomic E-state index is 0.0372. The molecule has 0 aromatic heterocycles. The Kier molecular flexibility index (Phi) is 4.15. The van der Waals surface area contributed by atoms with E-state index in [-0.39, 0.29) is 12.5 Å². The molecule has 7 heteroatoms. The molecule has 1 amide bonds. The molecule has 12 heavy (non-hydrogen) atoms. The lowest BCUT2D eigenvalue weighted by Crippen LogP contribution is -2.33. The molecular formula is C5H12N2O4S. The summed E-state index contributed by atoms with van der Waals surface area (Å²) in [5, 5.41) is 2.00. The fraction of sp³-hybridized carbons (Fsp3) is 0.800. The Morgan fingerprint density at radius 2 is 2.17 bits per heavy atom. The van der Waals surface area contributed by atoms with Crippen LogP contribution in [0.1, 0.15) is 13.3 Å². The molecule has 6 nitrogen and oxygen atoms in total. The molecule has 0 fully saturated rings. The van der Waals surface area contributed by atoms with Crippen LogP contribution in [0.15, 0.2) is 0 Å². The number of carbonyl (C=O) groups excluding carboxylic acids is 1. The number of nitrogens with two attached hydrogens (primary N) is 1. The van der Waals surface area contributed by atoms with Gasteiger partial charge in [0.05, 0.1) is 0 Å². The van der Waals surface area contributed by atoms with E-state index in [2.05, 4.69) is 0 Å². The van der Waals surface area contributed by atoms with Gasteiger partial charge < -0.3 is 11.1 Å². The summed E-state index contributed by atoms with van der Waals surface area (Å²) in [5.74, 6) is -1.26. The quantitative estimate of drug-likeness (QED) is 0.483. The van der Waals surface area contributed by atoms with Crippen molar-refractivity contribution >= 4 is 16.0 Å². The van der Waals surface area contributed by atoms with E-state index in [1.165, 1.54) is 0 Å². The molecule has 0 radical (unpaired) electrons. The third-order valence-electron chi connectivity index (χ3n) is 0.959. The summed E-state index contributed by atoms with van der Waals surface area (Å²) in [4.78, 5) is 10.7. The van der Waals surface area contributed by atoms with Gasteiger partial charge in [-0.25, -0.2) is 0 Å². The molecule has 0 spiro atoms. The van der Waals surface area contributed by atoms with E-state index >= 15 is 0 Å². The summed E-state index contributed by atoms with van der Waals surface area (Å²) < 4.78 is 28.5. The molecular weight excluding hydrogens is 184 g/mol. The van der Waals surface area contributed by atoms with Gasteiger partial charge in [-0.1, -0.05) is 0 Å². The highest BCUT2D eigenvalue weighted by atomic mass is 32.2. The van der Waals surface area contributed by atoms with Crippen molar-refractivity contribution in [3.8, 4) is 0 Å². The second-order valence-electron chi connectivity index (χ2n) is 2.51. The third-order valence-corrected chi connectivity index (χ3v) is 1.47. The number of carbonyl (C=O) groups is 1. The Morgan fingerprint density at radius 3 is 2.50 bits per heavy atom. The van der Waals surface area contributed by atoms with Crippen molar-refractivity contribution < 1.29 is 17.8 Å². The average Bonchev–Trinajstić information content (AvgIpc) is 1.80. The minimum Gasteiger partial charge on any atom is -0.340 e.